The molecule has 16 rings (SSSR count). The quantitative estimate of drug-likeness (QED) is 0.177. The second kappa shape index (κ2) is 14.3. The summed E-state index contributed by atoms with van der Waals surface area (Å²) in [4.78, 5) is 16.4. The summed E-state index contributed by atoms with van der Waals surface area (Å²) in [7, 11) is 0. The molecule has 0 N–H and O–H groups in total. The van der Waals surface area contributed by atoms with Crippen LogP contribution in [0.4, 0.5) is 0 Å². The van der Waals surface area contributed by atoms with Crippen molar-refractivity contribution >= 4 is 31.5 Å². The normalized spacial score (nSPS) is 15.1. The number of thiophene rings is 1. The standard InChI is InChI=1S/C68H43N3S/c1-66(2)50-26-10-6-21-42(50)45-36-35-41(39-58(45)66)64-69-63(40-19-4-3-5-20-40)70-65(71-64)49-25-18-33-57-60(49)48-38-37-47-46-24-9-17-34-59(46)72-62(47)61(48)68(57)55-31-15-13-29-53(55)67(54-30-14-16-32-56(54)68)51-27-11-7-22-43(51)44-23-8-12-28-52(44)67/h3-39H,1-2H3. The summed E-state index contributed by atoms with van der Waals surface area (Å²) < 4.78 is 2.60. The number of hydrogen-bond acceptors (Lipinski definition) is 4. The molecule has 0 saturated heterocycles. The fourth-order valence-corrected chi connectivity index (χ4v) is 15.3. The molecule has 0 saturated carbocycles. The second-order valence-corrected chi connectivity index (χ2v) is 21.5. The van der Waals surface area contributed by atoms with E-state index < -0.39 is 10.8 Å². The number of nitrogens with zero attached hydrogens (tertiary/aromatic N) is 3. The van der Waals surface area contributed by atoms with Gasteiger partial charge in [0.25, 0.3) is 0 Å². The van der Waals surface area contributed by atoms with E-state index in [-0.39, 0.29) is 5.41 Å². The predicted molar refractivity (Wildman–Crippen MR) is 295 cm³/mol. The Morgan fingerprint density at radius 3 is 1.49 bits per heavy atom. The van der Waals surface area contributed by atoms with Gasteiger partial charge in [-0.25, -0.2) is 15.0 Å². The molecule has 0 atom stereocenters. The summed E-state index contributed by atoms with van der Waals surface area (Å²) in [5.74, 6) is 1.97. The SMILES string of the molecule is CC1(C)c2ccccc2-c2ccc(-c3nc(-c4ccccc4)nc(-c4cccc5c4-c4ccc6c(sc7ccccc76)c4C54c5ccccc5C5(c6ccccc6-c6ccccc65)c5ccccc54)n3)cc21. The van der Waals surface area contributed by atoms with Gasteiger partial charge in [-0.1, -0.05) is 226 Å². The highest BCUT2D eigenvalue weighted by Gasteiger charge is 2.60. The van der Waals surface area contributed by atoms with Crippen molar-refractivity contribution in [1.82, 2.24) is 15.0 Å². The first kappa shape index (κ1) is 40.2. The molecule has 0 bridgehead atoms. The predicted octanol–water partition coefficient (Wildman–Crippen LogP) is 16.6. The maximum absolute atomic E-state index is 5.58. The topological polar surface area (TPSA) is 38.7 Å². The van der Waals surface area contributed by atoms with Gasteiger partial charge in [0, 0.05) is 42.3 Å². The lowest BCUT2D eigenvalue weighted by molar-refractivity contribution is 0.636. The van der Waals surface area contributed by atoms with E-state index in [1.165, 1.54) is 109 Å². The minimum atomic E-state index is -0.704. The zero-order valence-corrected chi connectivity index (χ0v) is 40.4. The van der Waals surface area contributed by atoms with Gasteiger partial charge in [-0.05, 0) is 101 Å². The molecule has 0 aliphatic heterocycles. The van der Waals surface area contributed by atoms with Gasteiger partial charge < -0.3 is 0 Å². The zero-order chi connectivity index (χ0) is 47.5. The van der Waals surface area contributed by atoms with Crippen LogP contribution in [0.5, 0.6) is 0 Å². The molecule has 12 aromatic rings. The molecule has 3 nitrogen and oxygen atoms in total. The van der Waals surface area contributed by atoms with Gasteiger partial charge in [0.15, 0.2) is 17.5 Å². The third-order valence-electron chi connectivity index (χ3n) is 16.8. The van der Waals surface area contributed by atoms with E-state index in [4.69, 9.17) is 15.0 Å². The van der Waals surface area contributed by atoms with E-state index in [1.807, 2.05) is 11.3 Å². The lowest BCUT2D eigenvalue weighted by atomic mass is 9.52. The Morgan fingerprint density at radius 1 is 0.319 bits per heavy atom. The zero-order valence-electron chi connectivity index (χ0n) is 39.6. The van der Waals surface area contributed by atoms with Gasteiger partial charge >= 0.3 is 0 Å². The third-order valence-corrected chi connectivity index (χ3v) is 18.0. The number of fused-ring (bicyclic) bond motifs is 23. The molecule has 2 aromatic heterocycles. The van der Waals surface area contributed by atoms with Crippen LogP contribution >= 0.6 is 11.3 Å². The Kier molecular flexibility index (Phi) is 7.97. The van der Waals surface area contributed by atoms with Crippen LogP contribution in [0.3, 0.4) is 0 Å². The first-order valence-electron chi connectivity index (χ1n) is 25.0. The van der Waals surface area contributed by atoms with Crippen molar-refractivity contribution in [2.24, 2.45) is 0 Å². The van der Waals surface area contributed by atoms with Crippen LogP contribution in [0.25, 0.3) is 87.7 Å². The molecule has 0 amide bonds. The van der Waals surface area contributed by atoms with Crippen molar-refractivity contribution in [2.75, 3.05) is 0 Å². The lowest BCUT2D eigenvalue weighted by Gasteiger charge is -2.49. The third kappa shape index (κ3) is 4.92. The van der Waals surface area contributed by atoms with Crippen LogP contribution in [0.15, 0.2) is 224 Å². The van der Waals surface area contributed by atoms with Gasteiger partial charge in [0.1, 0.15) is 0 Å². The van der Waals surface area contributed by atoms with E-state index in [0.717, 1.165) is 16.7 Å². The molecular formula is C68H43N3S. The molecule has 4 heteroatoms. The Balaban J connectivity index is 1.02. The lowest BCUT2D eigenvalue weighted by Crippen LogP contribution is -2.43. The van der Waals surface area contributed by atoms with Crippen LogP contribution in [0.2, 0.25) is 0 Å². The fraction of sp³-hybridized carbons (Fsp3) is 0.0735. The molecule has 0 radical (unpaired) electrons. The Bertz CT molecular complexity index is 4230. The summed E-state index contributed by atoms with van der Waals surface area (Å²) >= 11 is 1.92. The van der Waals surface area contributed by atoms with E-state index in [0.29, 0.717) is 17.5 Å². The highest BCUT2D eigenvalue weighted by atomic mass is 32.1. The van der Waals surface area contributed by atoms with Crippen molar-refractivity contribution < 1.29 is 0 Å². The average Bonchev–Trinajstić information content (AvgIpc) is 4.13. The largest absolute Gasteiger partial charge is 0.208 e. The van der Waals surface area contributed by atoms with Crippen molar-refractivity contribution in [1.29, 1.82) is 0 Å². The maximum atomic E-state index is 5.58. The minimum absolute atomic E-state index is 0.177. The van der Waals surface area contributed by atoms with Gasteiger partial charge in [-0.2, -0.15) is 0 Å². The summed E-state index contributed by atoms with van der Waals surface area (Å²) in [6.07, 6.45) is 0. The Hall–Kier alpha value is -8.57. The van der Waals surface area contributed by atoms with E-state index >= 15 is 0 Å². The van der Waals surface area contributed by atoms with Crippen molar-refractivity contribution in [3.8, 4) is 67.5 Å². The molecule has 0 unspecified atom stereocenters. The monoisotopic (exact) mass is 933 g/mol. The molecule has 4 aliphatic carbocycles. The van der Waals surface area contributed by atoms with Crippen LogP contribution in [-0.2, 0) is 16.2 Å². The number of benzene rings is 10. The highest BCUT2D eigenvalue weighted by Crippen LogP contribution is 2.69. The first-order chi connectivity index (χ1) is 35.5. The van der Waals surface area contributed by atoms with Gasteiger partial charge in [0.2, 0.25) is 0 Å². The smallest absolute Gasteiger partial charge is 0.164 e. The Morgan fingerprint density at radius 2 is 0.806 bits per heavy atom. The van der Waals surface area contributed by atoms with Crippen molar-refractivity contribution in [3.05, 3.63) is 280 Å². The summed E-state index contributed by atoms with van der Waals surface area (Å²) in [6, 6.07) is 83.6. The molecule has 0 fully saturated rings. The maximum Gasteiger partial charge on any atom is 0.164 e. The van der Waals surface area contributed by atoms with Crippen LogP contribution in [0, 0.1) is 0 Å². The van der Waals surface area contributed by atoms with E-state index in [1.54, 1.807) is 0 Å². The first-order valence-corrected chi connectivity index (χ1v) is 25.8. The van der Waals surface area contributed by atoms with Gasteiger partial charge in [-0.3, -0.25) is 0 Å². The minimum Gasteiger partial charge on any atom is -0.208 e. The average molecular weight is 934 g/mol. The summed E-state index contributed by atoms with van der Waals surface area (Å²) in [5, 5.41) is 2.57. The molecule has 2 heterocycles. The van der Waals surface area contributed by atoms with Crippen LogP contribution < -0.4 is 0 Å². The molecular weight excluding hydrogens is 891 g/mol. The van der Waals surface area contributed by atoms with Crippen molar-refractivity contribution in [3.63, 3.8) is 0 Å². The van der Waals surface area contributed by atoms with Crippen LogP contribution in [0.1, 0.15) is 69.5 Å². The molecule has 72 heavy (non-hydrogen) atoms. The number of hydrogen-bond donors (Lipinski definition) is 0. The molecule has 10 aromatic carbocycles. The second-order valence-electron chi connectivity index (χ2n) is 20.5. The number of aromatic nitrogens is 3. The summed E-state index contributed by atoms with van der Waals surface area (Å²) in [5.41, 5.74) is 22.2. The fourth-order valence-electron chi connectivity index (χ4n) is 14.0. The van der Waals surface area contributed by atoms with Crippen molar-refractivity contribution in [2.45, 2.75) is 30.1 Å². The molecule has 336 valence electrons. The van der Waals surface area contributed by atoms with Gasteiger partial charge in [-0.15, -0.1) is 11.3 Å². The van der Waals surface area contributed by atoms with Gasteiger partial charge in [0.05, 0.1) is 10.8 Å². The number of rotatable bonds is 3. The Labute approximate surface area is 421 Å². The van der Waals surface area contributed by atoms with Crippen LogP contribution in [-0.4, -0.2) is 15.0 Å². The highest BCUT2D eigenvalue weighted by molar-refractivity contribution is 7.26. The summed E-state index contributed by atoms with van der Waals surface area (Å²) in [6.45, 7) is 4.66. The molecule has 2 spiro atoms. The van der Waals surface area contributed by atoms with E-state index in [9.17, 15) is 0 Å². The van der Waals surface area contributed by atoms with E-state index in [2.05, 4.69) is 238 Å². The molecule has 4 aliphatic rings.